The first-order valence-electron chi connectivity index (χ1n) is 7.30. The molecule has 0 N–H and O–H groups in total. The van der Waals surface area contributed by atoms with Gasteiger partial charge in [0.25, 0.3) is 0 Å². The van der Waals surface area contributed by atoms with Crippen LogP contribution in [0.15, 0.2) is 6.07 Å². The molecule has 0 spiro atoms. The molecule has 2 fully saturated rings. The van der Waals surface area contributed by atoms with Crippen LogP contribution in [0.1, 0.15) is 42.5 Å². The zero-order valence-corrected chi connectivity index (χ0v) is 11.8. The average molecular weight is 255 g/mol. The van der Waals surface area contributed by atoms with E-state index < -0.39 is 0 Å². The number of anilines is 1. The maximum absolute atomic E-state index is 9.37. The maximum Gasteiger partial charge on any atom is 0.146 e. The summed E-state index contributed by atoms with van der Waals surface area (Å²) in [6, 6.07) is 4.32. The van der Waals surface area contributed by atoms with Crippen molar-refractivity contribution < 1.29 is 0 Å². The van der Waals surface area contributed by atoms with Gasteiger partial charge in [-0.25, -0.2) is 4.98 Å². The molecule has 1 aromatic heterocycles. The third-order valence-electron chi connectivity index (χ3n) is 4.22. The Morgan fingerprint density at radius 2 is 1.79 bits per heavy atom. The second-order valence-corrected chi connectivity index (χ2v) is 6.17. The van der Waals surface area contributed by atoms with Gasteiger partial charge in [-0.1, -0.05) is 0 Å². The predicted octanol–water partition coefficient (Wildman–Crippen LogP) is 3.20. The number of aryl methyl sites for hydroxylation is 2. The lowest BCUT2D eigenvalue weighted by atomic mass is 10.1. The fraction of sp³-hybridized carbons (Fsp3) is 0.625. The molecule has 1 aromatic rings. The largest absolute Gasteiger partial charge is 0.355 e. The topological polar surface area (TPSA) is 39.9 Å². The minimum absolute atomic E-state index is 0.740. The lowest BCUT2D eigenvalue weighted by Gasteiger charge is -2.25. The van der Waals surface area contributed by atoms with Gasteiger partial charge in [-0.15, -0.1) is 0 Å². The van der Waals surface area contributed by atoms with Gasteiger partial charge < -0.3 is 4.90 Å². The summed E-state index contributed by atoms with van der Waals surface area (Å²) >= 11 is 0. The van der Waals surface area contributed by atoms with Crippen LogP contribution in [0.25, 0.3) is 0 Å². The molecule has 3 rings (SSSR count). The molecular weight excluding hydrogens is 234 g/mol. The Labute approximate surface area is 115 Å². The van der Waals surface area contributed by atoms with Crippen molar-refractivity contribution in [3.8, 4) is 6.07 Å². The predicted molar refractivity (Wildman–Crippen MR) is 76.1 cm³/mol. The van der Waals surface area contributed by atoms with Gasteiger partial charge in [0, 0.05) is 18.8 Å². The molecule has 1 heterocycles. The van der Waals surface area contributed by atoms with Crippen molar-refractivity contribution in [2.75, 3.05) is 18.0 Å². The molecule has 0 aliphatic heterocycles. The van der Waals surface area contributed by atoms with E-state index in [1.807, 2.05) is 19.9 Å². The summed E-state index contributed by atoms with van der Waals surface area (Å²) in [4.78, 5) is 7.08. The molecular formula is C16H21N3. The summed E-state index contributed by atoms with van der Waals surface area (Å²) in [6.07, 6.45) is 5.36. The molecule has 19 heavy (non-hydrogen) atoms. The third-order valence-corrected chi connectivity index (χ3v) is 4.22. The molecule has 2 aliphatic carbocycles. The van der Waals surface area contributed by atoms with Gasteiger partial charge in [0.1, 0.15) is 11.9 Å². The maximum atomic E-state index is 9.37. The number of rotatable bonds is 5. The van der Waals surface area contributed by atoms with Crippen molar-refractivity contribution in [1.82, 2.24) is 4.98 Å². The number of nitrogens with zero attached hydrogens (tertiary/aromatic N) is 3. The van der Waals surface area contributed by atoms with Crippen LogP contribution in [-0.4, -0.2) is 18.1 Å². The average Bonchev–Trinajstić information content (AvgIpc) is 3.26. The molecule has 3 heteroatoms. The summed E-state index contributed by atoms with van der Waals surface area (Å²) in [5.74, 6) is 2.58. The highest BCUT2D eigenvalue weighted by atomic mass is 15.2. The molecule has 0 bridgehead atoms. The Kier molecular flexibility index (Phi) is 3.18. The van der Waals surface area contributed by atoms with Crippen molar-refractivity contribution >= 4 is 5.82 Å². The van der Waals surface area contributed by atoms with Gasteiger partial charge in [-0.2, -0.15) is 5.26 Å². The zero-order valence-electron chi connectivity index (χ0n) is 11.8. The highest BCUT2D eigenvalue weighted by molar-refractivity contribution is 5.56. The van der Waals surface area contributed by atoms with Gasteiger partial charge in [-0.3, -0.25) is 0 Å². The molecule has 0 saturated heterocycles. The van der Waals surface area contributed by atoms with Gasteiger partial charge in [0.05, 0.1) is 5.56 Å². The van der Waals surface area contributed by atoms with E-state index in [9.17, 15) is 5.26 Å². The molecule has 0 radical (unpaired) electrons. The van der Waals surface area contributed by atoms with Crippen LogP contribution >= 0.6 is 0 Å². The van der Waals surface area contributed by atoms with E-state index in [1.165, 1.54) is 25.7 Å². The van der Waals surface area contributed by atoms with Crippen molar-refractivity contribution in [1.29, 1.82) is 5.26 Å². The molecule has 2 aliphatic rings. The van der Waals surface area contributed by atoms with E-state index in [1.54, 1.807) is 0 Å². The van der Waals surface area contributed by atoms with E-state index >= 15 is 0 Å². The number of pyridine rings is 1. The first kappa shape index (κ1) is 12.5. The fourth-order valence-electron chi connectivity index (χ4n) is 2.49. The van der Waals surface area contributed by atoms with Gasteiger partial charge in [0.2, 0.25) is 0 Å². The minimum Gasteiger partial charge on any atom is -0.355 e. The molecule has 3 nitrogen and oxygen atoms in total. The lowest BCUT2D eigenvalue weighted by Crippen LogP contribution is -2.30. The van der Waals surface area contributed by atoms with Crippen LogP contribution in [0.2, 0.25) is 0 Å². The normalized spacial score (nSPS) is 18.2. The van der Waals surface area contributed by atoms with Crippen LogP contribution in [0.3, 0.4) is 0 Å². The monoisotopic (exact) mass is 255 g/mol. The van der Waals surface area contributed by atoms with E-state index in [2.05, 4.69) is 11.0 Å². The number of aromatic nitrogens is 1. The zero-order chi connectivity index (χ0) is 13.4. The van der Waals surface area contributed by atoms with Gasteiger partial charge >= 0.3 is 0 Å². The van der Waals surface area contributed by atoms with Crippen molar-refractivity contribution in [3.05, 3.63) is 22.9 Å². The molecule has 0 amide bonds. The number of hydrogen-bond donors (Lipinski definition) is 0. The summed E-state index contributed by atoms with van der Waals surface area (Å²) in [5.41, 5.74) is 2.90. The van der Waals surface area contributed by atoms with Gasteiger partial charge in [0.15, 0.2) is 0 Å². The molecule has 0 aromatic carbocycles. The standard InChI is InChI=1S/C16H21N3/c1-11-7-15(8-17)16(18-12(11)2)19(9-13-3-4-13)10-14-5-6-14/h7,13-14H,3-6,9-10H2,1-2H3. The van der Waals surface area contributed by atoms with E-state index in [4.69, 9.17) is 4.98 Å². The second kappa shape index (κ2) is 4.85. The summed E-state index contributed by atoms with van der Waals surface area (Å²) in [5, 5.41) is 9.37. The molecule has 2 saturated carbocycles. The Hall–Kier alpha value is -1.56. The Morgan fingerprint density at radius 3 is 2.26 bits per heavy atom. The Bertz CT molecular complexity index is 508. The number of hydrogen-bond acceptors (Lipinski definition) is 3. The Morgan fingerprint density at radius 1 is 1.21 bits per heavy atom. The van der Waals surface area contributed by atoms with E-state index in [-0.39, 0.29) is 0 Å². The quantitative estimate of drug-likeness (QED) is 0.811. The molecule has 0 unspecified atom stereocenters. The fourth-order valence-corrected chi connectivity index (χ4v) is 2.49. The van der Waals surface area contributed by atoms with Crippen LogP contribution in [0.5, 0.6) is 0 Å². The smallest absolute Gasteiger partial charge is 0.146 e. The SMILES string of the molecule is Cc1cc(C#N)c(N(CC2CC2)CC2CC2)nc1C. The Balaban J connectivity index is 1.90. The van der Waals surface area contributed by atoms with Crippen molar-refractivity contribution in [3.63, 3.8) is 0 Å². The molecule has 0 atom stereocenters. The van der Waals surface area contributed by atoms with Crippen LogP contribution in [0, 0.1) is 37.0 Å². The van der Waals surface area contributed by atoms with E-state index in [0.717, 1.165) is 47.6 Å². The van der Waals surface area contributed by atoms with Gasteiger partial charge in [-0.05, 0) is 63.0 Å². The minimum atomic E-state index is 0.740. The highest BCUT2D eigenvalue weighted by Gasteiger charge is 2.30. The number of nitriles is 1. The van der Waals surface area contributed by atoms with Crippen molar-refractivity contribution in [2.24, 2.45) is 11.8 Å². The summed E-state index contributed by atoms with van der Waals surface area (Å²) in [6.45, 7) is 6.23. The summed E-state index contributed by atoms with van der Waals surface area (Å²) in [7, 11) is 0. The second-order valence-electron chi connectivity index (χ2n) is 6.17. The highest BCUT2D eigenvalue weighted by Crippen LogP contribution is 2.36. The lowest BCUT2D eigenvalue weighted by molar-refractivity contribution is 0.669. The van der Waals surface area contributed by atoms with Crippen LogP contribution < -0.4 is 4.90 Å². The van der Waals surface area contributed by atoms with Crippen molar-refractivity contribution in [2.45, 2.75) is 39.5 Å². The van der Waals surface area contributed by atoms with Crippen LogP contribution in [-0.2, 0) is 0 Å². The van der Waals surface area contributed by atoms with Crippen LogP contribution in [0.4, 0.5) is 5.82 Å². The first-order valence-corrected chi connectivity index (χ1v) is 7.30. The third kappa shape index (κ3) is 2.89. The summed E-state index contributed by atoms with van der Waals surface area (Å²) < 4.78 is 0. The molecule has 100 valence electrons. The van der Waals surface area contributed by atoms with E-state index in [0.29, 0.717) is 0 Å². The first-order chi connectivity index (χ1) is 9.17.